The zero-order valence-corrected chi connectivity index (χ0v) is 20.7. The zero-order chi connectivity index (χ0) is 24.4. The molecule has 0 spiro atoms. The smallest absolute Gasteiger partial charge is 0.241 e. The molecule has 3 rings (SSSR count). The number of nitrogens with two attached hydrogens (primary N) is 1. The van der Waals surface area contributed by atoms with Crippen LogP contribution in [0.2, 0.25) is 10.0 Å². The van der Waals surface area contributed by atoms with Crippen LogP contribution >= 0.6 is 23.2 Å². The van der Waals surface area contributed by atoms with E-state index in [1.165, 1.54) is 18.3 Å². The zero-order valence-electron chi connectivity index (χ0n) is 18.4. The lowest BCUT2D eigenvalue weighted by molar-refractivity contribution is -0.135. The van der Waals surface area contributed by atoms with Gasteiger partial charge in [0.2, 0.25) is 21.9 Å². The van der Waals surface area contributed by atoms with E-state index in [0.29, 0.717) is 13.1 Å². The second kappa shape index (κ2) is 10.1. The monoisotopic (exact) mass is 518 g/mol. The molecule has 1 aliphatic heterocycles. The van der Waals surface area contributed by atoms with Gasteiger partial charge in [-0.1, -0.05) is 37.0 Å². The molecule has 0 bridgehead atoms. The van der Waals surface area contributed by atoms with Crippen LogP contribution in [0.25, 0.3) is 0 Å². The van der Waals surface area contributed by atoms with E-state index in [-0.39, 0.29) is 50.9 Å². The number of imidazole rings is 1. The van der Waals surface area contributed by atoms with Crippen molar-refractivity contribution in [3.05, 3.63) is 34.6 Å². The molecule has 1 saturated heterocycles. The minimum Gasteiger partial charge on any atom is -0.396 e. The van der Waals surface area contributed by atoms with Crippen molar-refractivity contribution in [1.82, 2.24) is 19.2 Å². The Labute approximate surface area is 203 Å². The first-order valence-corrected chi connectivity index (χ1v) is 12.6. The summed E-state index contributed by atoms with van der Waals surface area (Å²) in [6.07, 6.45) is 4.85. The van der Waals surface area contributed by atoms with Crippen LogP contribution in [-0.2, 0) is 21.4 Å². The van der Waals surface area contributed by atoms with Gasteiger partial charge in [-0.2, -0.15) is 4.72 Å². The van der Waals surface area contributed by atoms with E-state index in [9.17, 15) is 18.4 Å². The van der Waals surface area contributed by atoms with Crippen molar-refractivity contribution in [3.63, 3.8) is 0 Å². The minimum absolute atomic E-state index is 0.00101. The van der Waals surface area contributed by atoms with Crippen LogP contribution in [0, 0.1) is 5.41 Å². The molecule has 1 unspecified atom stereocenters. The molecule has 1 aromatic carbocycles. The van der Waals surface area contributed by atoms with Gasteiger partial charge in [-0.25, -0.2) is 18.9 Å². The van der Waals surface area contributed by atoms with Gasteiger partial charge >= 0.3 is 0 Å². The third-order valence-electron chi connectivity index (χ3n) is 5.86. The van der Waals surface area contributed by atoms with Gasteiger partial charge in [0.1, 0.15) is 6.04 Å². The number of anilines is 2. The van der Waals surface area contributed by atoms with Gasteiger partial charge in [0.25, 0.3) is 0 Å². The van der Waals surface area contributed by atoms with Gasteiger partial charge in [-0.3, -0.25) is 10.0 Å². The van der Waals surface area contributed by atoms with E-state index in [0.717, 1.165) is 12.8 Å². The number of carbonyl (C=O) groups is 1. The maximum Gasteiger partial charge on any atom is 0.241 e. The Kier molecular flexibility index (Phi) is 7.80. The molecule has 1 aromatic heterocycles. The number of hydrogen-bond donors (Lipinski definition) is 4. The van der Waals surface area contributed by atoms with E-state index in [4.69, 9.17) is 28.9 Å². The Hall–Kier alpha value is -2.05. The highest BCUT2D eigenvalue weighted by atomic mass is 35.5. The number of rotatable bonds is 8. The quantitative estimate of drug-likeness (QED) is 0.310. The van der Waals surface area contributed by atoms with Gasteiger partial charge in [0, 0.05) is 32.0 Å². The highest BCUT2D eigenvalue weighted by Crippen LogP contribution is 2.32. The van der Waals surface area contributed by atoms with Crippen molar-refractivity contribution in [2.75, 3.05) is 24.3 Å². The number of hydrogen-bond acceptors (Lipinski definition) is 7. The molecule has 1 fully saturated rings. The van der Waals surface area contributed by atoms with Crippen molar-refractivity contribution >= 4 is 50.8 Å². The second-order valence-electron chi connectivity index (χ2n) is 8.81. The minimum atomic E-state index is -4.15. The Bertz CT molecular complexity index is 1090. The van der Waals surface area contributed by atoms with Gasteiger partial charge in [0.15, 0.2) is 0 Å². The topological polar surface area (TPSA) is 143 Å². The van der Waals surface area contributed by atoms with Crippen molar-refractivity contribution in [3.8, 4) is 0 Å². The standard InChI is InChI=1S/C20H28Cl2N6O4S/c1-20(2)4-8-27(9-5-20)18(29)16(3-7-28-10-6-24-19(28)25-30)26-33(31,32)13-11-14(21)17(23)15(22)12-13/h6,10-12,16,26,30H,3-5,7-9,23H2,1-2H3,(H,24,25). The van der Waals surface area contributed by atoms with E-state index in [1.54, 1.807) is 15.7 Å². The van der Waals surface area contributed by atoms with Crippen LogP contribution in [0.15, 0.2) is 29.4 Å². The molecule has 2 heterocycles. The van der Waals surface area contributed by atoms with Crippen LogP contribution in [0.3, 0.4) is 0 Å². The molecule has 13 heteroatoms. The lowest BCUT2D eigenvalue weighted by atomic mass is 9.82. The number of sulfonamides is 1. The van der Waals surface area contributed by atoms with E-state index >= 15 is 0 Å². The van der Waals surface area contributed by atoms with Gasteiger partial charge in [-0.05, 0) is 36.8 Å². The molecular formula is C20H28Cl2N6O4S. The Balaban J connectivity index is 1.85. The number of piperidine rings is 1. The summed E-state index contributed by atoms with van der Waals surface area (Å²) in [5, 5.41) is 9.19. The summed E-state index contributed by atoms with van der Waals surface area (Å²) in [7, 11) is -4.15. The lowest BCUT2D eigenvalue weighted by Crippen LogP contribution is -2.51. The van der Waals surface area contributed by atoms with Gasteiger partial charge in [0.05, 0.1) is 20.6 Å². The lowest BCUT2D eigenvalue weighted by Gasteiger charge is -2.38. The van der Waals surface area contributed by atoms with E-state index in [1.807, 2.05) is 5.48 Å². The molecular weight excluding hydrogens is 491 g/mol. The molecule has 10 nitrogen and oxygen atoms in total. The molecule has 1 amide bonds. The number of benzene rings is 1. The number of aryl methyl sites for hydroxylation is 1. The molecule has 33 heavy (non-hydrogen) atoms. The predicted molar refractivity (Wildman–Crippen MR) is 127 cm³/mol. The highest BCUT2D eigenvalue weighted by molar-refractivity contribution is 7.89. The van der Waals surface area contributed by atoms with E-state index in [2.05, 4.69) is 23.6 Å². The first-order valence-electron chi connectivity index (χ1n) is 10.4. The number of nitrogens with zero attached hydrogens (tertiary/aromatic N) is 3. The van der Waals surface area contributed by atoms with Crippen molar-refractivity contribution in [2.45, 2.75) is 50.6 Å². The first-order chi connectivity index (χ1) is 15.4. The number of amides is 1. The number of halogens is 2. The molecule has 5 N–H and O–H groups in total. The second-order valence-corrected chi connectivity index (χ2v) is 11.3. The molecule has 2 aromatic rings. The summed E-state index contributed by atoms with van der Waals surface area (Å²) in [4.78, 5) is 18.8. The molecule has 182 valence electrons. The van der Waals surface area contributed by atoms with Gasteiger partial charge in [-0.15, -0.1) is 0 Å². The number of carbonyl (C=O) groups excluding carboxylic acids is 1. The number of nitrogens with one attached hydrogen (secondary N) is 2. The maximum absolute atomic E-state index is 13.4. The summed E-state index contributed by atoms with van der Waals surface area (Å²) in [5.74, 6) is -0.138. The maximum atomic E-state index is 13.4. The van der Waals surface area contributed by atoms with Crippen molar-refractivity contribution in [2.24, 2.45) is 5.41 Å². The number of likely N-dealkylation sites (tertiary alicyclic amines) is 1. The SMILES string of the molecule is CC1(C)CCN(C(=O)C(CCn2ccnc2NO)NS(=O)(=O)c2cc(Cl)c(N)c(Cl)c2)CC1. The summed E-state index contributed by atoms with van der Waals surface area (Å²) < 4.78 is 30.3. The largest absolute Gasteiger partial charge is 0.396 e. The third kappa shape index (κ3) is 6.10. The Morgan fingerprint density at radius 1 is 1.27 bits per heavy atom. The summed E-state index contributed by atoms with van der Waals surface area (Å²) >= 11 is 12.0. The average molecular weight is 519 g/mol. The van der Waals surface area contributed by atoms with Crippen LogP contribution in [0.4, 0.5) is 11.6 Å². The molecule has 0 radical (unpaired) electrons. The van der Waals surface area contributed by atoms with Crippen molar-refractivity contribution in [1.29, 1.82) is 0 Å². The van der Waals surface area contributed by atoms with Crippen LogP contribution in [0.1, 0.15) is 33.1 Å². The average Bonchev–Trinajstić information content (AvgIpc) is 3.21. The first kappa shape index (κ1) is 25.6. The number of nitrogen functional groups attached to an aromatic ring is 1. The Morgan fingerprint density at radius 3 is 2.45 bits per heavy atom. The Morgan fingerprint density at radius 2 is 1.88 bits per heavy atom. The van der Waals surface area contributed by atoms with Gasteiger partial charge < -0.3 is 15.2 Å². The molecule has 1 aliphatic rings. The summed E-state index contributed by atoms with van der Waals surface area (Å²) in [5.41, 5.74) is 7.89. The third-order valence-corrected chi connectivity index (χ3v) is 7.94. The summed E-state index contributed by atoms with van der Waals surface area (Å²) in [6.45, 7) is 5.60. The molecule has 1 atom stereocenters. The predicted octanol–water partition coefficient (Wildman–Crippen LogP) is 2.96. The van der Waals surface area contributed by atoms with E-state index < -0.39 is 16.1 Å². The normalized spacial score (nSPS) is 17.1. The van der Waals surface area contributed by atoms with Crippen molar-refractivity contribution < 1.29 is 18.4 Å². The fourth-order valence-electron chi connectivity index (χ4n) is 3.63. The highest BCUT2D eigenvalue weighted by Gasteiger charge is 2.34. The van der Waals surface area contributed by atoms with Crippen LogP contribution in [-0.4, -0.2) is 53.1 Å². The van der Waals surface area contributed by atoms with Crippen LogP contribution < -0.4 is 15.9 Å². The summed E-state index contributed by atoms with van der Waals surface area (Å²) in [6, 6.07) is 1.33. The number of aromatic nitrogens is 2. The fourth-order valence-corrected chi connectivity index (χ4v) is 5.52. The molecule has 0 saturated carbocycles. The van der Waals surface area contributed by atoms with Crippen LogP contribution in [0.5, 0.6) is 0 Å². The molecule has 0 aliphatic carbocycles. The fraction of sp³-hybridized carbons (Fsp3) is 0.500.